The fraction of sp³-hybridized carbons (Fsp3) is 0.625. The standard InChI is InChI=1S/C16H22O3S/c1-4-15(2,3)14(18)19-16(13-6-5-11-20-13)9-7-12(17)8-10-16/h5-6,11H,4,7-10H2,1-3H3. The molecule has 1 aromatic heterocycles. The van der Waals surface area contributed by atoms with Crippen LogP contribution in [0.1, 0.15) is 57.8 Å². The molecular weight excluding hydrogens is 272 g/mol. The van der Waals surface area contributed by atoms with Crippen LogP contribution >= 0.6 is 11.3 Å². The van der Waals surface area contributed by atoms with E-state index >= 15 is 0 Å². The Morgan fingerprint density at radius 1 is 1.40 bits per heavy atom. The topological polar surface area (TPSA) is 43.4 Å². The van der Waals surface area contributed by atoms with Crippen molar-refractivity contribution in [1.29, 1.82) is 0 Å². The van der Waals surface area contributed by atoms with E-state index in [2.05, 4.69) is 0 Å². The molecule has 1 aliphatic rings. The molecule has 0 saturated heterocycles. The van der Waals surface area contributed by atoms with Crippen molar-refractivity contribution >= 4 is 23.1 Å². The molecule has 3 nitrogen and oxygen atoms in total. The van der Waals surface area contributed by atoms with Gasteiger partial charge in [-0.15, -0.1) is 11.3 Å². The SMILES string of the molecule is CCC(C)(C)C(=O)OC1(c2cccs2)CCC(=O)CC1. The molecule has 0 N–H and O–H groups in total. The van der Waals surface area contributed by atoms with E-state index in [0.717, 1.165) is 11.3 Å². The summed E-state index contributed by atoms with van der Waals surface area (Å²) in [6, 6.07) is 3.98. The maximum atomic E-state index is 12.4. The number of rotatable bonds is 4. The Kier molecular flexibility index (Phi) is 4.33. The quantitative estimate of drug-likeness (QED) is 0.786. The lowest BCUT2D eigenvalue weighted by Crippen LogP contribution is -2.40. The molecule has 0 aromatic carbocycles. The fourth-order valence-corrected chi connectivity index (χ4v) is 3.25. The second-order valence-electron chi connectivity index (χ2n) is 6.14. The van der Waals surface area contributed by atoms with Gasteiger partial charge in [-0.3, -0.25) is 9.59 Å². The first-order chi connectivity index (χ1) is 9.39. The van der Waals surface area contributed by atoms with Gasteiger partial charge in [0.15, 0.2) is 0 Å². The predicted molar refractivity (Wildman–Crippen MR) is 79.6 cm³/mol. The molecule has 0 radical (unpaired) electrons. The van der Waals surface area contributed by atoms with Crippen molar-refractivity contribution in [2.24, 2.45) is 5.41 Å². The van der Waals surface area contributed by atoms with Gasteiger partial charge in [0.25, 0.3) is 0 Å². The molecule has 1 heterocycles. The zero-order valence-electron chi connectivity index (χ0n) is 12.4. The van der Waals surface area contributed by atoms with E-state index in [1.165, 1.54) is 0 Å². The highest BCUT2D eigenvalue weighted by atomic mass is 32.1. The molecule has 2 rings (SSSR count). The highest BCUT2D eigenvalue weighted by molar-refractivity contribution is 7.10. The van der Waals surface area contributed by atoms with Crippen LogP contribution in [-0.4, -0.2) is 11.8 Å². The highest BCUT2D eigenvalue weighted by Crippen LogP contribution is 2.43. The molecule has 0 aliphatic heterocycles. The molecule has 20 heavy (non-hydrogen) atoms. The third-order valence-electron chi connectivity index (χ3n) is 4.31. The van der Waals surface area contributed by atoms with Crippen molar-refractivity contribution in [2.75, 3.05) is 0 Å². The molecule has 0 atom stereocenters. The van der Waals surface area contributed by atoms with Crippen molar-refractivity contribution in [1.82, 2.24) is 0 Å². The van der Waals surface area contributed by atoms with Crippen molar-refractivity contribution < 1.29 is 14.3 Å². The molecule has 0 unspecified atom stereocenters. The number of hydrogen-bond donors (Lipinski definition) is 0. The molecule has 1 saturated carbocycles. The van der Waals surface area contributed by atoms with Crippen LogP contribution in [0.2, 0.25) is 0 Å². The van der Waals surface area contributed by atoms with Crippen LogP contribution in [0.25, 0.3) is 0 Å². The van der Waals surface area contributed by atoms with Gasteiger partial charge >= 0.3 is 5.97 Å². The smallest absolute Gasteiger partial charge is 0.312 e. The van der Waals surface area contributed by atoms with Gasteiger partial charge in [-0.1, -0.05) is 13.0 Å². The first-order valence-electron chi connectivity index (χ1n) is 7.19. The highest BCUT2D eigenvalue weighted by Gasteiger charge is 2.43. The van der Waals surface area contributed by atoms with Gasteiger partial charge in [0.1, 0.15) is 11.4 Å². The monoisotopic (exact) mass is 294 g/mol. The average Bonchev–Trinajstić information content (AvgIpc) is 2.96. The van der Waals surface area contributed by atoms with Gasteiger partial charge in [-0.2, -0.15) is 0 Å². The van der Waals surface area contributed by atoms with E-state index in [9.17, 15) is 9.59 Å². The number of carbonyl (C=O) groups is 2. The maximum Gasteiger partial charge on any atom is 0.312 e. The summed E-state index contributed by atoms with van der Waals surface area (Å²) in [5.74, 6) is 0.103. The van der Waals surface area contributed by atoms with Crippen LogP contribution in [0.15, 0.2) is 17.5 Å². The normalized spacial score (nSPS) is 18.9. The Hall–Kier alpha value is -1.16. The minimum atomic E-state index is -0.592. The Labute approximate surface area is 124 Å². The van der Waals surface area contributed by atoms with Crippen molar-refractivity contribution in [2.45, 2.75) is 58.5 Å². The van der Waals surface area contributed by atoms with E-state index < -0.39 is 11.0 Å². The van der Waals surface area contributed by atoms with Crippen LogP contribution in [0, 0.1) is 5.41 Å². The van der Waals surface area contributed by atoms with E-state index in [0.29, 0.717) is 25.7 Å². The number of esters is 1. The minimum absolute atomic E-state index is 0.164. The number of ketones is 1. The first kappa shape index (κ1) is 15.2. The Balaban J connectivity index is 2.25. The summed E-state index contributed by atoms with van der Waals surface area (Å²) in [6.07, 6.45) is 2.95. The molecule has 1 aromatic rings. The summed E-state index contributed by atoms with van der Waals surface area (Å²) >= 11 is 1.60. The Morgan fingerprint density at radius 2 is 2.05 bits per heavy atom. The fourth-order valence-electron chi connectivity index (χ4n) is 2.33. The molecule has 0 amide bonds. The first-order valence-corrected chi connectivity index (χ1v) is 8.07. The van der Waals surface area contributed by atoms with Gasteiger partial charge in [0, 0.05) is 17.7 Å². The molecule has 0 spiro atoms. The van der Waals surface area contributed by atoms with E-state index in [1.54, 1.807) is 11.3 Å². The summed E-state index contributed by atoms with van der Waals surface area (Å²) < 4.78 is 5.95. The number of ether oxygens (including phenoxy) is 1. The van der Waals surface area contributed by atoms with Crippen molar-refractivity contribution in [3.05, 3.63) is 22.4 Å². The van der Waals surface area contributed by atoms with Crippen LogP contribution in [0.5, 0.6) is 0 Å². The lowest BCUT2D eigenvalue weighted by Gasteiger charge is -2.38. The molecule has 0 bridgehead atoms. The van der Waals surface area contributed by atoms with Gasteiger partial charge in [-0.25, -0.2) is 0 Å². The van der Waals surface area contributed by atoms with E-state index in [-0.39, 0.29) is 11.8 Å². The lowest BCUT2D eigenvalue weighted by molar-refractivity contribution is -0.176. The van der Waals surface area contributed by atoms with Crippen LogP contribution in [-0.2, 0) is 19.9 Å². The van der Waals surface area contributed by atoms with Crippen LogP contribution < -0.4 is 0 Å². The second-order valence-corrected chi connectivity index (χ2v) is 7.08. The Morgan fingerprint density at radius 3 is 2.55 bits per heavy atom. The average molecular weight is 294 g/mol. The number of thiophene rings is 1. The number of Topliss-reactive ketones (excluding diaryl/α,β-unsaturated/α-hetero) is 1. The zero-order valence-corrected chi connectivity index (χ0v) is 13.2. The van der Waals surface area contributed by atoms with Crippen LogP contribution in [0.3, 0.4) is 0 Å². The maximum absolute atomic E-state index is 12.4. The van der Waals surface area contributed by atoms with E-state index in [4.69, 9.17) is 4.74 Å². The summed E-state index contributed by atoms with van der Waals surface area (Å²) in [7, 11) is 0. The van der Waals surface area contributed by atoms with E-state index in [1.807, 2.05) is 38.3 Å². The van der Waals surface area contributed by atoms with Crippen molar-refractivity contribution in [3.63, 3.8) is 0 Å². The lowest BCUT2D eigenvalue weighted by atomic mass is 9.82. The molecular formula is C16H22O3S. The Bertz CT molecular complexity index is 478. The molecule has 4 heteroatoms. The molecule has 110 valence electrons. The van der Waals surface area contributed by atoms with Gasteiger partial charge in [0.05, 0.1) is 5.41 Å². The van der Waals surface area contributed by atoms with Gasteiger partial charge in [-0.05, 0) is 44.6 Å². The third-order valence-corrected chi connectivity index (χ3v) is 5.37. The summed E-state index contributed by atoms with van der Waals surface area (Å²) in [6.45, 7) is 5.81. The number of hydrogen-bond acceptors (Lipinski definition) is 4. The van der Waals surface area contributed by atoms with Crippen LogP contribution in [0.4, 0.5) is 0 Å². The minimum Gasteiger partial charge on any atom is -0.453 e. The number of carbonyl (C=O) groups excluding carboxylic acids is 2. The van der Waals surface area contributed by atoms with Crippen molar-refractivity contribution in [3.8, 4) is 0 Å². The summed E-state index contributed by atoms with van der Waals surface area (Å²) in [5, 5.41) is 1.99. The summed E-state index contributed by atoms with van der Waals surface area (Å²) in [5.41, 5.74) is -1.07. The second kappa shape index (κ2) is 5.68. The third kappa shape index (κ3) is 2.95. The zero-order chi connectivity index (χ0) is 14.8. The molecule has 1 aliphatic carbocycles. The predicted octanol–water partition coefficient (Wildman–Crippen LogP) is 4.07. The molecule has 1 fully saturated rings. The van der Waals surface area contributed by atoms with Gasteiger partial charge in [0.2, 0.25) is 0 Å². The van der Waals surface area contributed by atoms with Gasteiger partial charge < -0.3 is 4.74 Å². The summed E-state index contributed by atoms with van der Waals surface area (Å²) in [4.78, 5) is 25.0. The largest absolute Gasteiger partial charge is 0.453 e.